The lowest BCUT2D eigenvalue weighted by atomic mass is 10.1. The Kier molecular flexibility index (Phi) is 4.82. The Bertz CT molecular complexity index is 413. The predicted molar refractivity (Wildman–Crippen MR) is 67.9 cm³/mol. The Morgan fingerprint density at radius 3 is 2.59 bits per heavy atom. The zero-order chi connectivity index (χ0) is 13.0. The van der Waals surface area contributed by atoms with E-state index < -0.39 is 5.97 Å². The Balaban J connectivity index is 3.07. The minimum atomic E-state index is -0.439. The molecule has 17 heavy (non-hydrogen) atoms. The number of carbonyl (C=O) groups is 1. The molecule has 0 bridgehead atoms. The van der Waals surface area contributed by atoms with Crippen molar-refractivity contribution in [2.75, 3.05) is 13.7 Å². The lowest BCUT2D eigenvalue weighted by molar-refractivity contribution is 0.0595. The number of carbonyl (C=O) groups excluding carboxylic acids is 1. The summed E-state index contributed by atoms with van der Waals surface area (Å²) < 4.78 is 10.3. The molecule has 94 valence electrons. The van der Waals surface area contributed by atoms with Gasteiger partial charge in [-0.15, -0.1) is 0 Å². The van der Waals surface area contributed by atoms with E-state index in [9.17, 15) is 4.79 Å². The molecule has 0 aliphatic carbocycles. The normalized spacial score (nSPS) is 10.5. The van der Waals surface area contributed by atoms with E-state index in [0.717, 1.165) is 5.56 Å². The number of aryl methyl sites for hydroxylation is 1. The molecule has 0 fully saturated rings. The molecule has 0 heterocycles. The summed E-state index contributed by atoms with van der Waals surface area (Å²) in [5, 5.41) is 0.530. The standard InChI is InChI=1S/C13H17ClO3/c1-8(2)7-17-12-5-9(3)11(14)6-10(12)13(15)16-4/h5-6,8H,7H2,1-4H3. The van der Waals surface area contributed by atoms with Gasteiger partial charge in [0.25, 0.3) is 0 Å². The highest BCUT2D eigenvalue weighted by atomic mass is 35.5. The molecule has 0 saturated carbocycles. The number of hydrogen-bond donors (Lipinski definition) is 0. The zero-order valence-electron chi connectivity index (χ0n) is 10.5. The number of benzene rings is 1. The second-order valence-corrected chi connectivity index (χ2v) is 4.70. The summed E-state index contributed by atoms with van der Waals surface area (Å²) in [5.41, 5.74) is 1.24. The highest BCUT2D eigenvalue weighted by Crippen LogP contribution is 2.27. The first-order valence-electron chi connectivity index (χ1n) is 5.47. The number of ether oxygens (including phenoxy) is 2. The molecule has 0 radical (unpaired) electrons. The second-order valence-electron chi connectivity index (χ2n) is 4.29. The Morgan fingerprint density at radius 2 is 2.06 bits per heavy atom. The molecule has 0 aromatic heterocycles. The molecule has 0 unspecified atom stereocenters. The second kappa shape index (κ2) is 5.92. The summed E-state index contributed by atoms with van der Waals surface area (Å²) in [6, 6.07) is 3.34. The molecule has 0 saturated heterocycles. The van der Waals surface area contributed by atoms with Crippen LogP contribution in [0.5, 0.6) is 5.75 Å². The van der Waals surface area contributed by atoms with Crippen molar-refractivity contribution < 1.29 is 14.3 Å². The van der Waals surface area contributed by atoms with Crippen molar-refractivity contribution in [1.29, 1.82) is 0 Å². The van der Waals surface area contributed by atoms with Crippen molar-refractivity contribution in [1.82, 2.24) is 0 Å². The van der Waals surface area contributed by atoms with Crippen molar-refractivity contribution in [2.24, 2.45) is 5.92 Å². The summed E-state index contributed by atoms with van der Waals surface area (Å²) in [4.78, 5) is 11.6. The van der Waals surface area contributed by atoms with Crippen molar-refractivity contribution >= 4 is 17.6 Å². The average molecular weight is 257 g/mol. The van der Waals surface area contributed by atoms with Gasteiger partial charge in [-0.2, -0.15) is 0 Å². The Hall–Kier alpha value is -1.22. The van der Waals surface area contributed by atoms with Crippen LogP contribution in [0.2, 0.25) is 5.02 Å². The third-order valence-electron chi connectivity index (χ3n) is 2.24. The topological polar surface area (TPSA) is 35.5 Å². The van der Waals surface area contributed by atoms with Crippen LogP contribution in [0.1, 0.15) is 29.8 Å². The van der Waals surface area contributed by atoms with Crippen LogP contribution in [0.25, 0.3) is 0 Å². The molecule has 1 rings (SSSR count). The summed E-state index contributed by atoms with van der Waals surface area (Å²) in [6.07, 6.45) is 0. The molecule has 0 spiro atoms. The summed E-state index contributed by atoms with van der Waals surface area (Å²) in [5.74, 6) is 0.467. The molecule has 1 aromatic rings. The van der Waals surface area contributed by atoms with E-state index in [-0.39, 0.29) is 0 Å². The molecule has 3 nitrogen and oxygen atoms in total. The first kappa shape index (κ1) is 13.8. The summed E-state index contributed by atoms with van der Waals surface area (Å²) in [7, 11) is 1.34. The maximum Gasteiger partial charge on any atom is 0.341 e. The Labute approximate surface area is 107 Å². The van der Waals surface area contributed by atoms with Gasteiger partial charge in [-0.25, -0.2) is 4.79 Å². The Morgan fingerprint density at radius 1 is 1.41 bits per heavy atom. The van der Waals surface area contributed by atoms with Gasteiger partial charge < -0.3 is 9.47 Å². The SMILES string of the molecule is COC(=O)c1cc(Cl)c(C)cc1OCC(C)C. The van der Waals surface area contributed by atoms with Crippen LogP contribution >= 0.6 is 11.6 Å². The largest absolute Gasteiger partial charge is 0.492 e. The van der Waals surface area contributed by atoms with E-state index in [1.165, 1.54) is 7.11 Å². The van der Waals surface area contributed by atoms with Gasteiger partial charge in [-0.3, -0.25) is 0 Å². The monoisotopic (exact) mass is 256 g/mol. The van der Waals surface area contributed by atoms with Crippen molar-refractivity contribution in [3.63, 3.8) is 0 Å². The van der Waals surface area contributed by atoms with E-state index in [0.29, 0.717) is 28.9 Å². The number of esters is 1. The molecular weight excluding hydrogens is 240 g/mol. The van der Waals surface area contributed by atoms with Gasteiger partial charge in [-0.05, 0) is 30.5 Å². The molecular formula is C13H17ClO3. The van der Waals surface area contributed by atoms with Crippen molar-refractivity contribution in [2.45, 2.75) is 20.8 Å². The molecule has 0 atom stereocenters. The summed E-state index contributed by atoms with van der Waals surface area (Å²) in [6.45, 7) is 6.50. The van der Waals surface area contributed by atoms with Gasteiger partial charge in [-0.1, -0.05) is 25.4 Å². The molecule has 4 heteroatoms. The number of hydrogen-bond acceptors (Lipinski definition) is 3. The van der Waals surface area contributed by atoms with Crippen LogP contribution in [0.4, 0.5) is 0 Å². The van der Waals surface area contributed by atoms with Gasteiger partial charge >= 0.3 is 5.97 Å². The lowest BCUT2D eigenvalue weighted by Gasteiger charge is -2.13. The first-order valence-corrected chi connectivity index (χ1v) is 5.84. The fourth-order valence-electron chi connectivity index (χ4n) is 1.30. The molecule has 0 N–H and O–H groups in total. The summed E-state index contributed by atoms with van der Waals surface area (Å²) >= 11 is 5.99. The highest BCUT2D eigenvalue weighted by molar-refractivity contribution is 6.31. The minimum absolute atomic E-state index is 0.365. The molecule has 0 aliphatic rings. The van der Waals surface area contributed by atoms with Gasteiger partial charge in [0.05, 0.1) is 13.7 Å². The van der Waals surface area contributed by atoms with Crippen LogP contribution in [-0.2, 0) is 4.74 Å². The van der Waals surface area contributed by atoms with E-state index in [1.807, 2.05) is 20.8 Å². The number of rotatable bonds is 4. The maximum absolute atomic E-state index is 11.6. The van der Waals surface area contributed by atoms with Gasteiger partial charge in [0.15, 0.2) is 0 Å². The quantitative estimate of drug-likeness (QED) is 0.774. The van der Waals surface area contributed by atoms with Crippen LogP contribution in [-0.4, -0.2) is 19.7 Å². The molecule has 0 amide bonds. The fourth-order valence-corrected chi connectivity index (χ4v) is 1.46. The predicted octanol–water partition coefficient (Wildman–Crippen LogP) is 3.47. The minimum Gasteiger partial charge on any atom is -0.492 e. The third kappa shape index (κ3) is 3.63. The average Bonchev–Trinajstić information content (AvgIpc) is 2.29. The van der Waals surface area contributed by atoms with Gasteiger partial charge in [0, 0.05) is 5.02 Å². The highest BCUT2D eigenvalue weighted by Gasteiger charge is 2.15. The lowest BCUT2D eigenvalue weighted by Crippen LogP contribution is -2.10. The zero-order valence-corrected chi connectivity index (χ0v) is 11.3. The van der Waals surface area contributed by atoms with Crippen molar-refractivity contribution in [3.8, 4) is 5.75 Å². The number of halogens is 1. The molecule has 1 aromatic carbocycles. The van der Waals surface area contributed by atoms with Crippen LogP contribution < -0.4 is 4.74 Å². The maximum atomic E-state index is 11.6. The third-order valence-corrected chi connectivity index (χ3v) is 2.65. The van der Waals surface area contributed by atoms with Crippen molar-refractivity contribution in [3.05, 3.63) is 28.3 Å². The first-order chi connectivity index (χ1) is 7.95. The van der Waals surface area contributed by atoms with Gasteiger partial charge in [0.2, 0.25) is 0 Å². The number of methoxy groups -OCH3 is 1. The van der Waals surface area contributed by atoms with Crippen LogP contribution in [0.15, 0.2) is 12.1 Å². The van der Waals surface area contributed by atoms with Crippen LogP contribution in [0, 0.1) is 12.8 Å². The van der Waals surface area contributed by atoms with E-state index >= 15 is 0 Å². The fraction of sp³-hybridized carbons (Fsp3) is 0.462. The van der Waals surface area contributed by atoms with Crippen LogP contribution in [0.3, 0.4) is 0 Å². The molecule has 0 aliphatic heterocycles. The van der Waals surface area contributed by atoms with E-state index in [1.54, 1.807) is 12.1 Å². The smallest absolute Gasteiger partial charge is 0.341 e. The van der Waals surface area contributed by atoms with Gasteiger partial charge in [0.1, 0.15) is 11.3 Å². The van der Waals surface area contributed by atoms with E-state index in [4.69, 9.17) is 21.1 Å². The van der Waals surface area contributed by atoms with E-state index in [2.05, 4.69) is 0 Å².